The summed E-state index contributed by atoms with van der Waals surface area (Å²) in [6.45, 7) is 2.22. The first-order valence-corrected chi connectivity index (χ1v) is 14.2. The Morgan fingerprint density at radius 3 is 2.73 bits per heavy atom. The third-order valence-corrected chi connectivity index (χ3v) is 8.45. The number of hydrogen-bond acceptors (Lipinski definition) is 4. The van der Waals surface area contributed by atoms with Crippen LogP contribution in [0, 0.1) is 11.7 Å². The minimum Gasteiger partial charge on any atom is -0.366 e. The molecule has 40 heavy (non-hydrogen) atoms. The number of carbonyl (C=O) groups is 3. The number of pyridine rings is 1. The van der Waals surface area contributed by atoms with Gasteiger partial charge in [-0.05, 0) is 66.8 Å². The van der Waals surface area contributed by atoms with Crippen LogP contribution in [0.3, 0.4) is 0 Å². The van der Waals surface area contributed by atoms with E-state index in [1.807, 2.05) is 19.1 Å². The van der Waals surface area contributed by atoms with Gasteiger partial charge >= 0.3 is 0 Å². The predicted octanol–water partition coefficient (Wildman–Crippen LogP) is 6.52. The summed E-state index contributed by atoms with van der Waals surface area (Å²) < 4.78 is 15.4. The van der Waals surface area contributed by atoms with Gasteiger partial charge in [0, 0.05) is 51.6 Å². The van der Waals surface area contributed by atoms with Crippen LogP contribution in [-0.2, 0) is 9.59 Å². The molecule has 2 aliphatic rings. The van der Waals surface area contributed by atoms with Gasteiger partial charge in [0.05, 0.1) is 16.8 Å². The molecule has 0 radical (unpaired) electrons. The molecular formula is C30H27BrClFN4O3. The smallest absolute Gasteiger partial charge is 0.248 e. The van der Waals surface area contributed by atoms with Gasteiger partial charge < -0.3 is 16.0 Å². The number of nitrogens with zero attached hydrogens (tertiary/aromatic N) is 2. The van der Waals surface area contributed by atoms with Crippen LogP contribution in [0.4, 0.5) is 10.1 Å². The minimum absolute atomic E-state index is 0.00398. The zero-order chi connectivity index (χ0) is 28.6. The lowest BCUT2D eigenvalue weighted by atomic mass is 9.92. The average Bonchev–Trinajstić information content (AvgIpc) is 2.93. The number of primary amides is 1. The summed E-state index contributed by atoms with van der Waals surface area (Å²) in [5.41, 5.74) is 9.34. The van der Waals surface area contributed by atoms with E-state index >= 15 is 0 Å². The Morgan fingerprint density at radius 1 is 1.18 bits per heavy atom. The van der Waals surface area contributed by atoms with Crippen molar-refractivity contribution in [3.05, 3.63) is 86.9 Å². The summed E-state index contributed by atoms with van der Waals surface area (Å²) >= 11 is 9.41. The van der Waals surface area contributed by atoms with Crippen molar-refractivity contribution in [2.75, 3.05) is 11.9 Å². The molecule has 3 amide bonds. The summed E-state index contributed by atoms with van der Waals surface area (Å²) in [5.74, 6) is -1.86. The Balaban J connectivity index is 1.54. The summed E-state index contributed by atoms with van der Waals surface area (Å²) in [6, 6.07) is 11.5. The summed E-state index contributed by atoms with van der Waals surface area (Å²) in [6.07, 6.45) is 5.46. The lowest BCUT2D eigenvalue weighted by Gasteiger charge is -2.34. The zero-order valence-corrected chi connectivity index (χ0v) is 24.1. The maximum Gasteiger partial charge on any atom is 0.248 e. The van der Waals surface area contributed by atoms with E-state index in [-0.39, 0.29) is 34.4 Å². The van der Waals surface area contributed by atoms with Gasteiger partial charge in [0.1, 0.15) is 5.82 Å². The number of fused-ring (bicyclic) bond motifs is 4. The van der Waals surface area contributed by atoms with Gasteiger partial charge in [0.15, 0.2) is 0 Å². The van der Waals surface area contributed by atoms with Crippen molar-refractivity contribution in [1.29, 1.82) is 0 Å². The second-order valence-corrected chi connectivity index (χ2v) is 11.4. The third-order valence-electron chi connectivity index (χ3n) is 7.50. The number of nitrogens with one attached hydrogen (secondary N) is 1. The molecular weight excluding hydrogens is 599 g/mol. The molecule has 0 unspecified atom stereocenters. The van der Waals surface area contributed by atoms with E-state index in [4.69, 9.17) is 17.3 Å². The number of rotatable bonds is 3. The Morgan fingerprint density at radius 2 is 1.98 bits per heavy atom. The van der Waals surface area contributed by atoms with Crippen LogP contribution >= 0.6 is 27.5 Å². The van der Waals surface area contributed by atoms with Gasteiger partial charge in [-0.3, -0.25) is 19.4 Å². The molecule has 2 aromatic carbocycles. The molecule has 0 spiro atoms. The molecule has 1 aromatic heterocycles. The molecule has 0 saturated heterocycles. The molecule has 206 valence electrons. The van der Waals surface area contributed by atoms with Crippen molar-refractivity contribution in [3.8, 4) is 11.1 Å². The molecule has 0 fully saturated rings. The van der Waals surface area contributed by atoms with E-state index in [2.05, 4.69) is 26.2 Å². The predicted molar refractivity (Wildman–Crippen MR) is 156 cm³/mol. The third kappa shape index (κ3) is 5.53. The molecule has 5 rings (SSSR count). The van der Waals surface area contributed by atoms with Crippen LogP contribution in [0.15, 0.2) is 59.2 Å². The van der Waals surface area contributed by atoms with Crippen molar-refractivity contribution in [1.82, 2.24) is 9.88 Å². The van der Waals surface area contributed by atoms with Crippen molar-refractivity contribution in [3.63, 3.8) is 0 Å². The second-order valence-electron chi connectivity index (χ2n) is 10.1. The highest BCUT2D eigenvalue weighted by Gasteiger charge is 2.31. The second kappa shape index (κ2) is 11.5. The number of halogens is 3. The molecule has 2 bridgehead atoms. The number of hydrogen-bond donors (Lipinski definition) is 2. The molecule has 0 aliphatic carbocycles. The SMILES string of the molecule is C[C@@H]1CCC[C@H](N2CCC(c3c(Br)ccc(Cl)c3F)=CC2=O)c2cc(ccn2)-c2ccc(C(N)=O)cc2NC1=O. The Kier molecular flexibility index (Phi) is 8.05. The van der Waals surface area contributed by atoms with Crippen LogP contribution in [-0.4, -0.2) is 34.2 Å². The lowest BCUT2D eigenvalue weighted by Crippen LogP contribution is -2.38. The number of amides is 3. The van der Waals surface area contributed by atoms with E-state index in [0.717, 1.165) is 5.56 Å². The fourth-order valence-corrected chi connectivity index (χ4v) is 6.02. The fraction of sp³-hybridized carbons (Fsp3) is 0.267. The normalized spacial score (nSPS) is 19.6. The number of carbonyl (C=O) groups excluding carboxylic acids is 3. The van der Waals surface area contributed by atoms with Crippen LogP contribution in [0.2, 0.25) is 5.02 Å². The van der Waals surface area contributed by atoms with Crippen LogP contribution in [0.5, 0.6) is 0 Å². The molecule has 3 aromatic rings. The topological polar surface area (TPSA) is 105 Å². The van der Waals surface area contributed by atoms with Crippen LogP contribution < -0.4 is 11.1 Å². The molecule has 10 heteroatoms. The maximum atomic E-state index is 14.9. The Bertz CT molecular complexity index is 1560. The van der Waals surface area contributed by atoms with Crippen molar-refractivity contribution < 1.29 is 18.8 Å². The quantitative estimate of drug-likeness (QED) is 0.324. The monoisotopic (exact) mass is 624 g/mol. The summed E-state index contributed by atoms with van der Waals surface area (Å²) in [5, 5.41) is 2.96. The minimum atomic E-state index is -0.590. The van der Waals surface area contributed by atoms with Gasteiger partial charge in [0.2, 0.25) is 17.7 Å². The van der Waals surface area contributed by atoms with E-state index in [1.54, 1.807) is 35.4 Å². The molecule has 7 nitrogen and oxygen atoms in total. The number of nitrogens with two attached hydrogens (primary N) is 1. The van der Waals surface area contributed by atoms with E-state index in [9.17, 15) is 18.8 Å². The average molecular weight is 626 g/mol. The molecule has 3 N–H and O–H groups in total. The van der Waals surface area contributed by atoms with Gasteiger partial charge in [-0.2, -0.15) is 0 Å². The van der Waals surface area contributed by atoms with E-state index < -0.39 is 11.7 Å². The van der Waals surface area contributed by atoms with Gasteiger partial charge in [0.25, 0.3) is 0 Å². The van der Waals surface area contributed by atoms with E-state index in [0.29, 0.717) is 64.8 Å². The number of anilines is 1. The Labute approximate surface area is 244 Å². The van der Waals surface area contributed by atoms with Gasteiger partial charge in [-0.1, -0.05) is 46.9 Å². The first-order valence-electron chi connectivity index (χ1n) is 13.0. The van der Waals surface area contributed by atoms with Crippen LogP contribution in [0.25, 0.3) is 16.7 Å². The molecule has 3 heterocycles. The fourth-order valence-electron chi connectivity index (χ4n) is 5.30. The van der Waals surface area contributed by atoms with Crippen LogP contribution in [0.1, 0.15) is 60.3 Å². The first kappa shape index (κ1) is 28.0. The van der Waals surface area contributed by atoms with Gasteiger partial charge in [-0.25, -0.2) is 4.39 Å². The van der Waals surface area contributed by atoms with Gasteiger partial charge in [-0.15, -0.1) is 0 Å². The maximum absolute atomic E-state index is 14.9. The van der Waals surface area contributed by atoms with Crippen molar-refractivity contribution in [2.45, 2.75) is 38.6 Å². The van der Waals surface area contributed by atoms with Crippen molar-refractivity contribution >= 4 is 56.5 Å². The zero-order valence-electron chi connectivity index (χ0n) is 21.7. The number of benzene rings is 2. The first-order chi connectivity index (χ1) is 19.1. The largest absolute Gasteiger partial charge is 0.366 e. The number of aromatic nitrogens is 1. The Hall–Kier alpha value is -3.56. The highest BCUT2D eigenvalue weighted by atomic mass is 79.9. The van der Waals surface area contributed by atoms with Crippen molar-refractivity contribution in [2.24, 2.45) is 11.7 Å². The standard InChI is InChI=1S/C30H27BrClFN4O3/c1-16-3-2-4-25(37-12-10-18(15-26(37)38)27-21(31)7-8-22(32)28(27)33)24-13-17(9-11-35-24)20-6-5-19(29(34)39)14-23(20)36-30(16)40/h5-9,11,13-16,25H,2-4,10,12H2,1H3,(H2,34,39)(H,36,40)/t16-,25+/m1/s1. The lowest BCUT2D eigenvalue weighted by molar-refractivity contribution is -0.129. The molecule has 2 atom stereocenters. The summed E-state index contributed by atoms with van der Waals surface area (Å²) in [4.78, 5) is 44.8. The highest BCUT2D eigenvalue weighted by Crippen LogP contribution is 2.38. The highest BCUT2D eigenvalue weighted by molar-refractivity contribution is 9.10. The summed E-state index contributed by atoms with van der Waals surface area (Å²) in [7, 11) is 0. The molecule has 2 aliphatic heterocycles. The van der Waals surface area contributed by atoms with E-state index in [1.165, 1.54) is 12.1 Å². The molecule has 0 saturated carbocycles.